The molecule has 1 aromatic heterocycles. The average molecular weight is 266 g/mol. The number of nitrogens with two attached hydrogens (primary N) is 1. The first-order valence-electron chi connectivity index (χ1n) is 5.32. The molecule has 1 aromatic carbocycles. The van der Waals surface area contributed by atoms with Gasteiger partial charge in [-0.15, -0.1) is 0 Å². The number of hydrogen-bond acceptors (Lipinski definition) is 4. The highest BCUT2D eigenvalue weighted by Crippen LogP contribution is 2.21. The first-order valence-corrected chi connectivity index (χ1v) is 6.76. The van der Waals surface area contributed by atoms with Gasteiger partial charge in [0, 0.05) is 13.6 Å². The predicted octanol–water partition coefficient (Wildman–Crippen LogP) is 0.694. The monoisotopic (exact) mass is 266 g/mol. The van der Waals surface area contributed by atoms with Gasteiger partial charge in [-0.3, -0.25) is 4.31 Å². The second-order valence-corrected chi connectivity index (χ2v) is 5.70. The van der Waals surface area contributed by atoms with Crippen LogP contribution in [-0.4, -0.2) is 25.4 Å². The molecule has 0 bridgehead atoms. The van der Waals surface area contributed by atoms with Crippen LogP contribution in [0.3, 0.4) is 0 Å². The number of sulfonamides is 1. The van der Waals surface area contributed by atoms with Crippen molar-refractivity contribution >= 4 is 15.7 Å². The van der Waals surface area contributed by atoms with Gasteiger partial charge in [0.25, 0.3) is 10.0 Å². The van der Waals surface area contributed by atoms with E-state index >= 15 is 0 Å². The number of aromatic amines is 1. The Bertz CT molecular complexity index is 622. The standard InChI is InChI=1S/C11H14N4O2S/c1-15(10-4-2-3-9(5-10)6-12)18(16,17)11-7-13-8-14-11/h2-5,7-8H,6,12H2,1H3,(H,13,14). The highest BCUT2D eigenvalue weighted by Gasteiger charge is 2.22. The topological polar surface area (TPSA) is 92.1 Å². The average Bonchev–Trinajstić information content (AvgIpc) is 2.92. The van der Waals surface area contributed by atoms with E-state index in [-0.39, 0.29) is 5.03 Å². The minimum absolute atomic E-state index is 0.0585. The van der Waals surface area contributed by atoms with Gasteiger partial charge in [-0.05, 0) is 17.7 Å². The zero-order valence-corrected chi connectivity index (χ0v) is 10.7. The molecule has 1 heterocycles. The van der Waals surface area contributed by atoms with Gasteiger partial charge in [0.05, 0.1) is 18.2 Å². The van der Waals surface area contributed by atoms with Crippen LogP contribution in [0, 0.1) is 0 Å². The minimum atomic E-state index is -3.60. The van der Waals surface area contributed by atoms with E-state index in [4.69, 9.17) is 5.73 Å². The van der Waals surface area contributed by atoms with Gasteiger partial charge < -0.3 is 10.7 Å². The van der Waals surface area contributed by atoms with Gasteiger partial charge in [0.1, 0.15) is 0 Å². The van der Waals surface area contributed by atoms with Crippen molar-refractivity contribution in [2.75, 3.05) is 11.4 Å². The Morgan fingerprint density at radius 1 is 1.44 bits per heavy atom. The Balaban J connectivity index is 2.39. The lowest BCUT2D eigenvalue weighted by Gasteiger charge is -2.18. The summed E-state index contributed by atoms with van der Waals surface area (Å²) in [5, 5.41) is 0.0585. The summed E-state index contributed by atoms with van der Waals surface area (Å²) in [6.07, 6.45) is 2.61. The van der Waals surface area contributed by atoms with E-state index < -0.39 is 10.0 Å². The highest BCUT2D eigenvalue weighted by atomic mass is 32.2. The molecule has 0 amide bonds. The van der Waals surface area contributed by atoms with Gasteiger partial charge in [0.2, 0.25) is 0 Å². The van der Waals surface area contributed by atoms with E-state index in [0.717, 1.165) is 5.56 Å². The van der Waals surface area contributed by atoms with Crippen molar-refractivity contribution in [3.63, 3.8) is 0 Å². The smallest absolute Gasteiger partial charge is 0.281 e. The van der Waals surface area contributed by atoms with Crippen LogP contribution in [0.1, 0.15) is 5.56 Å². The van der Waals surface area contributed by atoms with Crippen LogP contribution in [0.15, 0.2) is 41.8 Å². The molecule has 0 fully saturated rings. The van der Waals surface area contributed by atoms with Crippen molar-refractivity contribution in [3.8, 4) is 0 Å². The Morgan fingerprint density at radius 2 is 2.22 bits per heavy atom. The molecular weight excluding hydrogens is 252 g/mol. The molecule has 0 saturated carbocycles. The molecule has 7 heteroatoms. The molecule has 0 unspecified atom stereocenters. The Labute approximate surface area is 106 Å². The van der Waals surface area contributed by atoms with Gasteiger partial charge in [-0.2, -0.15) is 8.42 Å². The maximum absolute atomic E-state index is 12.2. The van der Waals surface area contributed by atoms with Crippen LogP contribution in [-0.2, 0) is 16.6 Å². The third kappa shape index (κ3) is 2.22. The molecule has 0 radical (unpaired) electrons. The maximum atomic E-state index is 12.2. The third-order valence-electron chi connectivity index (χ3n) is 2.62. The van der Waals surface area contributed by atoms with E-state index in [9.17, 15) is 8.42 Å². The summed E-state index contributed by atoms with van der Waals surface area (Å²) in [4.78, 5) is 6.31. The molecule has 18 heavy (non-hydrogen) atoms. The minimum Gasteiger partial charge on any atom is -0.334 e. The summed E-state index contributed by atoms with van der Waals surface area (Å²) >= 11 is 0. The lowest BCUT2D eigenvalue weighted by atomic mass is 10.2. The van der Waals surface area contributed by atoms with Crippen molar-refractivity contribution in [2.45, 2.75) is 11.6 Å². The lowest BCUT2D eigenvalue weighted by Crippen LogP contribution is -2.26. The zero-order valence-electron chi connectivity index (χ0n) is 9.87. The molecule has 0 spiro atoms. The van der Waals surface area contributed by atoms with Crippen molar-refractivity contribution in [1.82, 2.24) is 9.97 Å². The van der Waals surface area contributed by atoms with Crippen molar-refractivity contribution in [2.24, 2.45) is 5.73 Å². The fourth-order valence-electron chi connectivity index (χ4n) is 1.55. The number of imidazole rings is 1. The molecule has 0 aliphatic heterocycles. The molecule has 6 nitrogen and oxygen atoms in total. The number of hydrogen-bond donors (Lipinski definition) is 2. The number of nitrogens with one attached hydrogen (secondary N) is 1. The molecule has 0 aliphatic carbocycles. The summed E-state index contributed by atoms with van der Waals surface area (Å²) in [5.74, 6) is 0. The molecular formula is C11H14N4O2S. The van der Waals surface area contributed by atoms with Crippen LogP contribution >= 0.6 is 0 Å². The first-order chi connectivity index (χ1) is 8.55. The normalized spacial score (nSPS) is 11.4. The number of anilines is 1. The summed E-state index contributed by atoms with van der Waals surface area (Å²) in [7, 11) is -2.11. The largest absolute Gasteiger partial charge is 0.334 e. The second-order valence-electron chi connectivity index (χ2n) is 3.76. The van der Waals surface area contributed by atoms with E-state index in [2.05, 4.69) is 9.97 Å². The summed E-state index contributed by atoms with van der Waals surface area (Å²) < 4.78 is 25.6. The van der Waals surface area contributed by atoms with Crippen LogP contribution in [0.5, 0.6) is 0 Å². The van der Waals surface area contributed by atoms with Crippen molar-refractivity contribution in [1.29, 1.82) is 0 Å². The van der Waals surface area contributed by atoms with Crippen molar-refractivity contribution < 1.29 is 8.42 Å². The molecule has 2 rings (SSSR count). The maximum Gasteiger partial charge on any atom is 0.281 e. The predicted molar refractivity (Wildman–Crippen MR) is 68.5 cm³/mol. The zero-order chi connectivity index (χ0) is 13.2. The lowest BCUT2D eigenvalue weighted by molar-refractivity contribution is 0.591. The number of H-pyrrole nitrogens is 1. The molecule has 2 aromatic rings. The first kappa shape index (κ1) is 12.6. The molecule has 96 valence electrons. The van der Waals surface area contributed by atoms with E-state index in [1.54, 1.807) is 18.2 Å². The Hall–Kier alpha value is -1.86. The van der Waals surface area contributed by atoms with E-state index in [1.807, 2.05) is 6.07 Å². The second kappa shape index (κ2) is 4.79. The van der Waals surface area contributed by atoms with Crippen LogP contribution in [0.4, 0.5) is 5.69 Å². The van der Waals surface area contributed by atoms with Crippen LogP contribution in [0.2, 0.25) is 0 Å². The van der Waals surface area contributed by atoms with Gasteiger partial charge in [-0.25, -0.2) is 4.98 Å². The summed E-state index contributed by atoms with van der Waals surface area (Å²) in [6.45, 7) is 0.367. The molecule has 0 aliphatic rings. The Morgan fingerprint density at radius 3 is 2.83 bits per heavy atom. The van der Waals surface area contributed by atoms with E-state index in [1.165, 1.54) is 23.9 Å². The van der Waals surface area contributed by atoms with Gasteiger partial charge in [-0.1, -0.05) is 12.1 Å². The number of nitrogens with zero attached hydrogens (tertiary/aromatic N) is 2. The van der Waals surface area contributed by atoms with E-state index in [0.29, 0.717) is 12.2 Å². The highest BCUT2D eigenvalue weighted by molar-refractivity contribution is 7.92. The SMILES string of the molecule is CN(c1cccc(CN)c1)S(=O)(=O)c1cnc[nH]1. The number of aromatic nitrogens is 2. The van der Waals surface area contributed by atoms with Crippen molar-refractivity contribution in [3.05, 3.63) is 42.4 Å². The molecule has 3 N–H and O–H groups in total. The fraction of sp³-hybridized carbons (Fsp3) is 0.182. The quantitative estimate of drug-likeness (QED) is 0.851. The molecule has 0 saturated heterocycles. The van der Waals surface area contributed by atoms with Gasteiger partial charge in [0.15, 0.2) is 5.03 Å². The Kier molecular flexibility index (Phi) is 3.35. The third-order valence-corrected chi connectivity index (χ3v) is 4.33. The van der Waals surface area contributed by atoms with Crippen LogP contribution in [0.25, 0.3) is 0 Å². The summed E-state index contributed by atoms with van der Waals surface area (Å²) in [6, 6.07) is 7.08. The molecule has 0 atom stereocenters. The summed E-state index contributed by atoms with van der Waals surface area (Å²) in [5.41, 5.74) is 6.98. The number of rotatable bonds is 4. The fourth-order valence-corrected chi connectivity index (χ4v) is 2.63. The number of benzene rings is 1. The van der Waals surface area contributed by atoms with Gasteiger partial charge >= 0.3 is 0 Å². The van der Waals surface area contributed by atoms with Crippen LogP contribution < -0.4 is 10.0 Å².